The summed E-state index contributed by atoms with van der Waals surface area (Å²) >= 11 is 0. The molecule has 20 heavy (non-hydrogen) atoms. The number of rotatable bonds is 4. The van der Waals surface area contributed by atoms with Gasteiger partial charge < -0.3 is 14.7 Å². The highest BCUT2D eigenvalue weighted by Crippen LogP contribution is 2.13. The smallest absolute Gasteiger partial charge is 0.334 e. The van der Waals surface area contributed by atoms with Gasteiger partial charge in [0.2, 0.25) is 5.91 Å². The van der Waals surface area contributed by atoms with E-state index in [9.17, 15) is 9.59 Å². The van der Waals surface area contributed by atoms with Crippen LogP contribution in [0.25, 0.3) is 0 Å². The summed E-state index contributed by atoms with van der Waals surface area (Å²) < 4.78 is 5.09. The fourth-order valence-electron chi connectivity index (χ4n) is 2.19. The van der Waals surface area contributed by atoms with Gasteiger partial charge in [-0.3, -0.25) is 9.89 Å². The number of aliphatic carboxylic acids is 1. The SMILES string of the molecule is Cc1[nH]nc(CCC(=O)N2CCO[C@@H](C(=O)O)C2)c1C. The Morgan fingerprint density at radius 1 is 1.50 bits per heavy atom. The van der Waals surface area contributed by atoms with Gasteiger partial charge in [0.25, 0.3) is 0 Å². The highest BCUT2D eigenvalue weighted by atomic mass is 16.5. The maximum Gasteiger partial charge on any atom is 0.334 e. The van der Waals surface area contributed by atoms with E-state index in [0.29, 0.717) is 19.4 Å². The Balaban J connectivity index is 1.88. The van der Waals surface area contributed by atoms with Crippen LogP contribution in [0.4, 0.5) is 0 Å². The molecule has 2 heterocycles. The Bertz CT molecular complexity index is 512. The fraction of sp³-hybridized carbons (Fsp3) is 0.615. The molecular weight excluding hydrogens is 262 g/mol. The number of hydrogen-bond donors (Lipinski definition) is 2. The molecule has 0 unspecified atom stereocenters. The molecule has 7 heteroatoms. The number of hydrogen-bond acceptors (Lipinski definition) is 4. The predicted molar refractivity (Wildman–Crippen MR) is 70.3 cm³/mol. The van der Waals surface area contributed by atoms with Crippen LogP contribution in [0, 0.1) is 13.8 Å². The maximum absolute atomic E-state index is 12.1. The van der Waals surface area contributed by atoms with Crippen molar-refractivity contribution in [2.24, 2.45) is 0 Å². The molecule has 7 nitrogen and oxygen atoms in total. The molecule has 0 aromatic carbocycles. The number of aryl methyl sites for hydroxylation is 2. The van der Waals surface area contributed by atoms with E-state index in [-0.39, 0.29) is 19.1 Å². The normalized spacial score (nSPS) is 19.1. The number of ether oxygens (including phenoxy) is 1. The van der Waals surface area contributed by atoms with Crippen LogP contribution < -0.4 is 0 Å². The van der Waals surface area contributed by atoms with Crippen molar-refractivity contribution in [2.75, 3.05) is 19.7 Å². The van der Waals surface area contributed by atoms with Gasteiger partial charge in [0.15, 0.2) is 6.10 Å². The van der Waals surface area contributed by atoms with Crippen LogP contribution in [-0.4, -0.2) is 57.9 Å². The van der Waals surface area contributed by atoms with Crippen molar-refractivity contribution >= 4 is 11.9 Å². The highest BCUT2D eigenvalue weighted by molar-refractivity contribution is 5.78. The minimum absolute atomic E-state index is 0.0559. The first-order valence-corrected chi connectivity index (χ1v) is 6.61. The summed E-state index contributed by atoms with van der Waals surface area (Å²) in [6.45, 7) is 4.73. The van der Waals surface area contributed by atoms with E-state index in [1.54, 1.807) is 4.90 Å². The van der Waals surface area contributed by atoms with Crippen LogP contribution in [0.2, 0.25) is 0 Å². The van der Waals surface area contributed by atoms with Crippen molar-refractivity contribution in [2.45, 2.75) is 32.8 Å². The Labute approximate surface area is 116 Å². The lowest BCUT2D eigenvalue weighted by Crippen LogP contribution is -2.48. The molecule has 0 radical (unpaired) electrons. The number of H-pyrrole nitrogens is 1. The number of carboxylic acids is 1. The molecule has 1 amide bonds. The largest absolute Gasteiger partial charge is 0.479 e. The molecule has 2 N–H and O–H groups in total. The molecular formula is C13H19N3O4. The highest BCUT2D eigenvalue weighted by Gasteiger charge is 2.28. The van der Waals surface area contributed by atoms with Crippen LogP contribution in [-0.2, 0) is 20.7 Å². The number of aromatic nitrogens is 2. The summed E-state index contributed by atoms with van der Waals surface area (Å²) in [5.74, 6) is -1.08. The number of aromatic amines is 1. The van der Waals surface area contributed by atoms with Crippen LogP contribution in [0.3, 0.4) is 0 Å². The van der Waals surface area contributed by atoms with Crippen LogP contribution in [0.5, 0.6) is 0 Å². The molecule has 0 saturated carbocycles. The second kappa shape index (κ2) is 6.04. The van der Waals surface area contributed by atoms with Gasteiger partial charge in [0.05, 0.1) is 18.8 Å². The van der Waals surface area contributed by atoms with Gasteiger partial charge in [-0.25, -0.2) is 4.79 Å². The first-order chi connectivity index (χ1) is 9.49. The number of nitrogens with one attached hydrogen (secondary N) is 1. The Hall–Kier alpha value is -1.89. The van der Waals surface area contributed by atoms with Crippen LogP contribution >= 0.6 is 0 Å². The van der Waals surface area contributed by atoms with Gasteiger partial charge in [-0.1, -0.05) is 0 Å². The van der Waals surface area contributed by atoms with Crippen molar-refractivity contribution in [3.8, 4) is 0 Å². The van der Waals surface area contributed by atoms with Gasteiger partial charge in [-0.15, -0.1) is 0 Å². The zero-order valence-corrected chi connectivity index (χ0v) is 11.7. The summed E-state index contributed by atoms with van der Waals surface area (Å²) in [6.07, 6.45) is -0.0243. The predicted octanol–water partition coefficient (Wildman–Crippen LogP) is 0.271. The van der Waals surface area contributed by atoms with E-state index in [4.69, 9.17) is 9.84 Å². The van der Waals surface area contributed by atoms with Crippen molar-refractivity contribution < 1.29 is 19.4 Å². The number of amides is 1. The quantitative estimate of drug-likeness (QED) is 0.826. The van der Waals surface area contributed by atoms with Crippen molar-refractivity contribution in [3.63, 3.8) is 0 Å². The molecule has 1 saturated heterocycles. The van der Waals surface area contributed by atoms with E-state index in [0.717, 1.165) is 17.0 Å². The molecule has 1 aliphatic rings. The molecule has 1 fully saturated rings. The van der Waals surface area contributed by atoms with Gasteiger partial charge in [-0.05, 0) is 19.4 Å². The second-order valence-corrected chi connectivity index (χ2v) is 4.96. The lowest BCUT2D eigenvalue weighted by molar-refractivity contribution is -0.159. The first-order valence-electron chi connectivity index (χ1n) is 6.61. The summed E-state index contributed by atoms with van der Waals surface area (Å²) in [6, 6.07) is 0. The lowest BCUT2D eigenvalue weighted by atomic mass is 10.1. The van der Waals surface area contributed by atoms with Crippen molar-refractivity contribution in [3.05, 3.63) is 17.0 Å². The molecule has 1 aromatic rings. The van der Waals surface area contributed by atoms with Gasteiger partial charge in [0, 0.05) is 25.1 Å². The Morgan fingerprint density at radius 2 is 2.25 bits per heavy atom. The Kier molecular flexibility index (Phi) is 4.39. The zero-order chi connectivity index (χ0) is 14.7. The fourth-order valence-corrected chi connectivity index (χ4v) is 2.19. The average molecular weight is 281 g/mol. The molecule has 110 valence electrons. The number of carbonyl (C=O) groups excluding carboxylic acids is 1. The third kappa shape index (κ3) is 3.16. The standard InChI is InChI=1S/C13H19N3O4/c1-8-9(2)14-15-10(8)3-4-12(17)16-5-6-20-11(7-16)13(18)19/h11H,3-7H2,1-2H3,(H,14,15)(H,18,19)/t11-/m1/s1. The molecule has 0 spiro atoms. The van der Waals surface area contributed by atoms with E-state index in [2.05, 4.69) is 10.2 Å². The van der Waals surface area contributed by atoms with Crippen LogP contribution in [0.1, 0.15) is 23.4 Å². The molecule has 1 aromatic heterocycles. The minimum atomic E-state index is -1.03. The number of nitrogens with zero attached hydrogens (tertiary/aromatic N) is 2. The monoisotopic (exact) mass is 281 g/mol. The summed E-state index contributed by atoms with van der Waals surface area (Å²) in [4.78, 5) is 24.5. The van der Waals surface area contributed by atoms with Gasteiger partial charge in [-0.2, -0.15) is 5.10 Å². The minimum Gasteiger partial charge on any atom is -0.479 e. The maximum atomic E-state index is 12.1. The average Bonchev–Trinajstić information content (AvgIpc) is 2.76. The lowest BCUT2D eigenvalue weighted by Gasteiger charge is -2.30. The number of carboxylic acid groups (broad SMARTS) is 1. The first kappa shape index (κ1) is 14.5. The molecule has 1 atom stereocenters. The zero-order valence-electron chi connectivity index (χ0n) is 11.7. The molecule has 1 aliphatic heterocycles. The third-order valence-corrected chi connectivity index (χ3v) is 3.62. The van der Waals surface area contributed by atoms with E-state index in [1.165, 1.54) is 0 Å². The summed E-state index contributed by atoms with van der Waals surface area (Å²) in [5, 5.41) is 16.0. The third-order valence-electron chi connectivity index (χ3n) is 3.62. The van der Waals surface area contributed by atoms with E-state index < -0.39 is 12.1 Å². The molecule has 0 bridgehead atoms. The van der Waals surface area contributed by atoms with Gasteiger partial charge >= 0.3 is 5.97 Å². The van der Waals surface area contributed by atoms with Crippen molar-refractivity contribution in [1.82, 2.24) is 15.1 Å². The second-order valence-electron chi connectivity index (χ2n) is 4.96. The van der Waals surface area contributed by atoms with Crippen molar-refractivity contribution in [1.29, 1.82) is 0 Å². The Morgan fingerprint density at radius 3 is 2.85 bits per heavy atom. The number of morpholine rings is 1. The number of carbonyl (C=O) groups is 2. The molecule has 0 aliphatic carbocycles. The van der Waals surface area contributed by atoms with Crippen LogP contribution in [0.15, 0.2) is 0 Å². The summed E-state index contributed by atoms with van der Waals surface area (Å²) in [7, 11) is 0. The molecule has 2 rings (SSSR count). The topological polar surface area (TPSA) is 95.5 Å². The summed E-state index contributed by atoms with van der Waals surface area (Å²) in [5.41, 5.74) is 2.96. The van der Waals surface area contributed by atoms with E-state index >= 15 is 0 Å². The van der Waals surface area contributed by atoms with Gasteiger partial charge in [0.1, 0.15) is 0 Å². The van der Waals surface area contributed by atoms with E-state index in [1.807, 2.05) is 13.8 Å².